The van der Waals surface area contributed by atoms with Crippen molar-refractivity contribution in [1.82, 2.24) is 9.80 Å². The Morgan fingerprint density at radius 1 is 1.55 bits per heavy atom. The average Bonchev–Trinajstić information content (AvgIpc) is 2.82. The molecule has 1 heterocycles. The molecule has 1 unspecified atom stereocenters. The zero-order chi connectivity index (χ0) is 14.7. The van der Waals surface area contributed by atoms with Crippen LogP contribution in [0.15, 0.2) is 18.2 Å². The lowest BCUT2D eigenvalue weighted by atomic mass is 10.2. The van der Waals surface area contributed by atoms with Crippen LogP contribution in [-0.4, -0.2) is 55.5 Å². The second-order valence-corrected chi connectivity index (χ2v) is 5.43. The molecule has 1 aromatic carbocycles. The van der Waals surface area contributed by atoms with Gasteiger partial charge in [-0.3, -0.25) is 9.69 Å². The van der Waals surface area contributed by atoms with Crippen molar-refractivity contribution in [2.75, 3.05) is 44.8 Å². The summed E-state index contributed by atoms with van der Waals surface area (Å²) in [5.41, 5.74) is 6.15. The Hall–Kier alpha value is -1.66. The molecule has 1 aliphatic rings. The third-order valence-corrected chi connectivity index (χ3v) is 3.61. The van der Waals surface area contributed by atoms with Crippen LogP contribution in [-0.2, 0) is 4.79 Å². The molecule has 3 N–H and O–H groups in total. The lowest BCUT2D eigenvalue weighted by Gasteiger charge is -2.20. The Bertz CT molecular complexity index is 492. The van der Waals surface area contributed by atoms with E-state index in [0.717, 1.165) is 19.5 Å². The van der Waals surface area contributed by atoms with Crippen LogP contribution in [0.5, 0.6) is 0 Å². The van der Waals surface area contributed by atoms with Gasteiger partial charge >= 0.3 is 0 Å². The van der Waals surface area contributed by atoms with Crippen LogP contribution in [0.25, 0.3) is 0 Å². The number of rotatable bonds is 4. The summed E-state index contributed by atoms with van der Waals surface area (Å²) in [7, 11) is 4.08. The molecule has 1 amide bonds. The van der Waals surface area contributed by atoms with E-state index < -0.39 is 5.82 Å². The first kappa shape index (κ1) is 14.7. The number of benzene rings is 1. The van der Waals surface area contributed by atoms with Crippen LogP contribution in [0.3, 0.4) is 0 Å². The minimum atomic E-state index is -0.472. The highest BCUT2D eigenvalue weighted by Gasteiger charge is 2.25. The molecule has 0 spiro atoms. The quantitative estimate of drug-likeness (QED) is 0.807. The predicted molar refractivity (Wildman–Crippen MR) is 78.0 cm³/mol. The van der Waals surface area contributed by atoms with Gasteiger partial charge in [-0.15, -0.1) is 0 Å². The lowest BCUT2D eigenvalue weighted by Crippen LogP contribution is -2.35. The third-order valence-electron chi connectivity index (χ3n) is 3.61. The molecule has 1 aromatic rings. The summed E-state index contributed by atoms with van der Waals surface area (Å²) in [6, 6.07) is 4.63. The normalized spacial score (nSPS) is 19.5. The number of nitrogens with one attached hydrogen (secondary N) is 1. The zero-order valence-electron chi connectivity index (χ0n) is 11.9. The molecule has 5 nitrogen and oxygen atoms in total. The summed E-state index contributed by atoms with van der Waals surface area (Å²) in [4.78, 5) is 16.2. The molecule has 0 bridgehead atoms. The van der Waals surface area contributed by atoms with Crippen molar-refractivity contribution in [3.05, 3.63) is 24.0 Å². The van der Waals surface area contributed by atoms with Gasteiger partial charge in [0.2, 0.25) is 5.91 Å². The second kappa shape index (κ2) is 6.19. The highest BCUT2D eigenvalue weighted by molar-refractivity contribution is 5.92. The molecular formula is C14H21FN4O. The van der Waals surface area contributed by atoms with Gasteiger partial charge in [0.25, 0.3) is 0 Å². The number of nitrogens with zero attached hydrogens (tertiary/aromatic N) is 2. The van der Waals surface area contributed by atoms with Gasteiger partial charge in [0.1, 0.15) is 5.82 Å². The summed E-state index contributed by atoms with van der Waals surface area (Å²) >= 11 is 0. The van der Waals surface area contributed by atoms with Crippen LogP contribution in [0.4, 0.5) is 15.8 Å². The fourth-order valence-electron chi connectivity index (χ4n) is 2.41. The zero-order valence-corrected chi connectivity index (χ0v) is 11.9. The molecule has 2 rings (SSSR count). The Labute approximate surface area is 118 Å². The Morgan fingerprint density at radius 3 is 2.95 bits per heavy atom. The largest absolute Gasteiger partial charge is 0.399 e. The molecule has 6 heteroatoms. The van der Waals surface area contributed by atoms with Crippen molar-refractivity contribution in [1.29, 1.82) is 0 Å². The van der Waals surface area contributed by atoms with E-state index in [-0.39, 0.29) is 18.1 Å². The maximum atomic E-state index is 13.5. The van der Waals surface area contributed by atoms with Gasteiger partial charge in [-0.25, -0.2) is 4.39 Å². The van der Waals surface area contributed by atoms with E-state index in [1.165, 1.54) is 18.2 Å². The minimum absolute atomic E-state index is 0.137. The van der Waals surface area contributed by atoms with Crippen LogP contribution in [0, 0.1) is 5.82 Å². The first-order chi connectivity index (χ1) is 9.45. The van der Waals surface area contributed by atoms with E-state index in [4.69, 9.17) is 5.73 Å². The number of halogens is 1. The van der Waals surface area contributed by atoms with Gasteiger partial charge in [-0.2, -0.15) is 0 Å². The molecule has 20 heavy (non-hydrogen) atoms. The van der Waals surface area contributed by atoms with Gasteiger partial charge in [-0.1, -0.05) is 0 Å². The molecule has 1 saturated heterocycles. The van der Waals surface area contributed by atoms with E-state index in [1.54, 1.807) is 0 Å². The standard InChI is InChI=1S/C14H21FN4O/c1-18(2)11-5-6-19(8-11)9-14(20)17-13-7-10(16)3-4-12(13)15/h3-4,7,11H,5-6,8-9,16H2,1-2H3,(H,17,20). The number of carbonyl (C=O) groups is 1. The summed E-state index contributed by atoms with van der Waals surface area (Å²) in [6.07, 6.45) is 1.05. The molecule has 1 atom stereocenters. The van der Waals surface area contributed by atoms with Gasteiger partial charge in [0.15, 0.2) is 0 Å². The SMILES string of the molecule is CN(C)C1CCN(CC(=O)Nc2cc(N)ccc2F)C1. The monoisotopic (exact) mass is 280 g/mol. The Kier molecular flexibility index (Phi) is 4.57. The number of hydrogen-bond acceptors (Lipinski definition) is 4. The van der Waals surface area contributed by atoms with Gasteiger partial charge < -0.3 is 16.0 Å². The van der Waals surface area contributed by atoms with Gasteiger partial charge in [-0.05, 0) is 38.7 Å². The molecule has 0 aromatic heterocycles. The number of nitrogens with two attached hydrogens (primary N) is 1. The first-order valence-corrected chi connectivity index (χ1v) is 6.69. The number of likely N-dealkylation sites (N-methyl/N-ethyl adjacent to an activating group) is 1. The van der Waals surface area contributed by atoms with Crippen molar-refractivity contribution in [3.8, 4) is 0 Å². The van der Waals surface area contributed by atoms with E-state index in [9.17, 15) is 9.18 Å². The van der Waals surface area contributed by atoms with Crippen molar-refractivity contribution in [2.24, 2.45) is 0 Å². The topological polar surface area (TPSA) is 61.6 Å². The van der Waals surface area contributed by atoms with Crippen LogP contribution >= 0.6 is 0 Å². The average molecular weight is 280 g/mol. The number of hydrogen-bond donors (Lipinski definition) is 2. The van der Waals surface area contributed by atoms with E-state index in [0.29, 0.717) is 11.7 Å². The molecular weight excluding hydrogens is 259 g/mol. The van der Waals surface area contributed by atoms with Crippen LogP contribution in [0.1, 0.15) is 6.42 Å². The summed E-state index contributed by atoms with van der Waals surface area (Å²) < 4.78 is 13.5. The maximum Gasteiger partial charge on any atom is 0.238 e. The van der Waals surface area contributed by atoms with E-state index in [2.05, 4.69) is 15.1 Å². The molecule has 0 radical (unpaired) electrons. The third kappa shape index (κ3) is 3.68. The number of carbonyl (C=O) groups excluding carboxylic acids is 1. The summed E-state index contributed by atoms with van der Waals surface area (Å²) in [5, 5.41) is 2.57. The predicted octanol–water partition coefficient (Wildman–Crippen LogP) is 0.982. The second-order valence-electron chi connectivity index (χ2n) is 5.43. The Morgan fingerprint density at radius 2 is 2.30 bits per heavy atom. The van der Waals surface area contributed by atoms with Crippen molar-refractivity contribution < 1.29 is 9.18 Å². The van der Waals surface area contributed by atoms with E-state index in [1.807, 2.05) is 14.1 Å². The highest BCUT2D eigenvalue weighted by atomic mass is 19.1. The Balaban J connectivity index is 1.88. The van der Waals surface area contributed by atoms with Crippen LogP contribution in [0.2, 0.25) is 0 Å². The molecule has 0 saturated carbocycles. The smallest absolute Gasteiger partial charge is 0.238 e. The van der Waals surface area contributed by atoms with Crippen molar-refractivity contribution in [2.45, 2.75) is 12.5 Å². The molecule has 1 aliphatic heterocycles. The number of nitrogen functional groups attached to an aromatic ring is 1. The summed E-state index contributed by atoms with van der Waals surface area (Å²) in [5.74, 6) is -0.686. The summed E-state index contributed by atoms with van der Waals surface area (Å²) in [6.45, 7) is 2.02. The van der Waals surface area contributed by atoms with Gasteiger partial charge in [0, 0.05) is 24.8 Å². The number of amides is 1. The molecule has 1 fully saturated rings. The lowest BCUT2D eigenvalue weighted by molar-refractivity contribution is -0.117. The van der Waals surface area contributed by atoms with Crippen molar-refractivity contribution >= 4 is 17.3 Å². The van der Waals surface area contributed by atoms with Crippen molar-refractivity contribution in [3.63, 3.8) is 0 Å². The number of anilines is 2. The maximum absolute atomic E-state index is 13.5. The first-order valence-electron chi connectivity index (χ1n) is 6.69. The minimum Gasteiger partial charge on any atom is -0.399 e. The van der Waals surface area contributed by atoms with Gasteiger partial charge in [0.05, 0.1) is 12.2 Å². The molecule has 0 aliphatic carbocycles. The highest BCUT2D eigenvalue weighted by Crippen LogP contribution is 2.18. The molecule has 110 valence electrons. The fraction of sp³-hybridized carbons (Fsp3) is 0.500. The van der Waals surface area contributed by atoms with E-state index >= 15 is 0 Å². The fourth-order valence-corrected chi connectivity index (χ4v) is 2.41. The van der Waals surface area contributed by atoms with Crippen LogP contribution < -0.4 is 11.1 Å². The number of likely N-dealkylation sites (tertiary alicyclic amines) is 1.